The number of halogens is 2. The summed E-state index contributed by atoms with van der Waals surface area (Å²) < 4.78 is 30.9. The van der Waals surface area contributed by atoms with Crippen LogP contribution in [-0.4, -0.2) is 58.8 Å². The number of piperazine rings is 1. The van der Waals surface area contributed by atoms with Crippen LogP contribution in [0.2, 0.25) is 0 Å². The highest BCUT2D eigenvalue weighted by Gasteiger charge is 2.23. The first-order valence-corrected chi connectivity index (χ1v) is 8.32. The van der Waals surface area contributed by atoms with Gasteiger partial charge in [-0.25, -0.2) is 18.6 Å². The van der Waals surface area contributed by atoms with E-state index < -0.39 is 28.6 Å². The van der Waals surface area contributed by atoms with Crippen LogP contribution in [0.25, 0.3) is 10.9 Å². The minimum Gasteiger partial charge on any atom is -0.477 e. The van der Waals surface area contributed by atoms with Crippen molar-refractivity contribution in [2.45, 2.75) is 13.5 Å². The van der Waals surface area contributed by atoms with Gasteiger partial charge in [0.15, 0.2) is 11.6 Å². The summed E-state index contributed by atoms with van der Waals surface area (Å²) >= 11 is 0. The number of aromatic nitrogens is 1. The standard InChI is InChI=1S/C17H20F2N4O3/c1-3-22-9-11(17(25)26)16(24)10-8-12(18)14(13(19)15(10)22)20-23-6-4-21(2)5-7-23/h8-9,20H,3-7H2,1-2H3,(H,25,26). The van der Waals surface area contributed by atoms with Crippen LogP contribution in [0.1, 0.15) is 17.3 Å². The number of nitrogens with one attached hydrogen (secondary N) is 1. The fourth-order valence-corrected chi connectivity index (χ4v) is 3.07. The smallest absolute Gasteiger partial charge is 0.341 e. The number of likely N-dealkylation sites (N-methyl/N-ethyl adjacent to an activating group) is 1. The van der Waals surface area contributed by atoms with Gasteiger partial charge in [-0.05, 0) is 20.0 Å². The number of hydrogen-bond donors (Lipinski definition) is 2. The predicted molar refractivity (Wildman–Crippen MR) is 93.5 cm³/mol. The van der Waals surface area contributed by atoms with E-state index in [1.807, 2.05) is 7.05 Å². The van der Waals surface area contributed by atoms with Crippen LogP contribution in [0.4, 0.5) is 14.5 Å². The number of pyridine rings is 1. The van der Waals surface area contributed by atoms with Crippen molar-refractivity contribution in [1.29, 1.82) is 0 Å². The summed E-state index contributed by atoms with van der Waals surface area (Å²) in [6.45, 7) is 4.61. The Morgan fingerprint density at radius 1 is 1.27 bits per heavy atom. The molecule has 2 heterocycles. The largest absolute Gasteiger partial charge is 0.477 e. The van der Waals surface area contributed by atoms with E-state index in [0.29, 0.717) is 13.1 Å². The number of aromatic carboxylic acids is 1. The number of anilines is 1. The molecule has 0 saturated carbocycles. The zero-order chi connectivity index (χ0) is 19.0. The highest BCUT2D eigenvalue weighted by Crippen LogP contribution is 2.27. The number of hydrazine groups is 1. The first-order valence-electron chi connectivity index (χ1n) is 8.32. The number of rotatable bonds is 4. The summed E-state index contributed by atoms with van der Waals surface area (Å²) in [5, 5.41) is 10.6. The van der Waals surface area contributed by atoms with Gasteiger partial charge in [-0.15, -0.1) is 0 Å². The van der Waals surface area contributed by atoms with Gasteiger partial charge in [-0.2, -0.15) is 0 Å². The number of carboxylic acids is 1. The SMILES string of the molecule is CCn1cc(C(=O)O)c(=O)c2cc(F)c(NN3CCN(C)CC3)c(F)c21. The van der Waals surface area contributed by atoms with E-state index >= 15 is 4.39 Å². The van der Waals surface area contributed by atoms with Crippen LogP contribution >= 0.6 is 0 Å². The second kappa shape index (κ2) is 7.00. The van der Waals surface area contributed by atoms with E-state index in [1.165, 1.54) is 4.57 Å². The van der Waals surface area contributed by atoms with Crippen LogP contribution < -0.4 is 10.9 Å². The van der Waals surface area contributed by atoms with Crippen molar-refractivity contribution in [2.75, 3.05) is 38.7 Å². The zero-order valence-electron chi connectivity index (χ0n) is 14.6. The first-order chi connectivity index (χ1) is 12.3. The lowest BCUT2D eigenvalue weighted by molar-refractivity contribution is 0.0695. The van der Waals surface area contributed by atoms with Crippen molar-refractivity contribution >= 4 is 22.6 Å². The molecule has 0 radical (unpaired) electrons. The Labute approximate surface area is 148 Å². The summed E-state index contributed by atoms with van der Waals surface area (Å²) in [7, 11) is 1.97. The molecular formula is C17H20F2N4O3. The molecule has 0 unspecified atom stereocenters. The Hall–Kier alpha value is -2.52. The third kappa shape index (κ3) is 3.15. The highest BCUT2D eigenvalue weighted by molar-refractivity contribution is 5.93. The van der Waals surface area contributed by atoms with Crippen LogP contribution in [0.5, 0.6) is 0 Å². The molecule has 2 N–H and O–H groups in total. The molecule has 3 rings (SSSR count). The monoisotopic (exact) mass is 366 g/mol. The maximum atomic E-state index is 15.1. The Balaban J connectivity index is 2.13. The molecule has 0 bridgehead atoms. The first kappa shape index (κ1) is 18.3. The van der Waals surface area contributed by atoms with Crippen molar-refractivity contribution in [3.8, 4) is 0 Å². The van der Waals surface area contributed by atoms with E-state index in [4.69, 9.17) is 5.11 Å². The van der Waals surface area contributed by atoms with Gasteiger partial charge in [-0.3, -0.25) is 4.79 Å². The van der Waals surface area contributed by atoms with Crippen molar-refractivity contribution in [1.82, 2.24) is 14.5 Å². The number of hydrogen-bond acceptors (Lipinski definition) is 5. The summed E-state index contributed by atoms with van der Waals surface area (Å²) in [5.41, 5.74) is 0.894. The molecule has 0 spiro atoms. The second-order valence-electron chi connectivity index (χ2n) is 6.31. The minimum atomic E-state index is -1.43. The lowest BCUT2D eigenvalue weighted by Crippen LogP contribution is -2.47. The topological polar surface area (TPSA) is 77.8 Å². The fourth-order valence-electron chi connectivity index (χ4n) is 3.07. The van der Waals surface area contributed by atoms with E-state index in [-0.39, 0.29) is 23.1 Å². The maximum absolute atomic E-state index is 15.1. The Kier molecular flexibility index (Phi) is 4.92. The number of carbonyl (C=O) groups is 1. The van der Waals surface area contributed by atoms with Crippen LogP contribution in [0.3, 0.4) is 0 Å². The van der Waals surface area contributed by atoms with E-state index in [2.05, 4.69) is 10.3 Å². The van der Waals surface area contributed by atoms with Crippen molar-refractivity contribution in [2.24, 2.45) is 0 Å². The number of nitrogens with zero attached hydrogens (tertiary/aromatic N) is 3. The molecule has 26 heavy (non-hydrogen) atoms. The van der Waals surface area contributed by atoms with Crippen molar-refractivity contribution in [3.05, 3.63) is 39.7 Å². The molecule has 1 aromatic carbocycles. The third-order valence-electron chi connectivity index (χ3n) is 4.60. The van der Waals surface area contributed by atoms with Gasteiger partial charge in [-0.1, -0.05) is 0 Å². The van der Waals surface area contributed by atoms with Crippen LogP contribution in [0, 0.1) is 11.6 Å². The van der Waals surface area contributed by atoms with Crippen LogP contribution in [-0.2, 0) is 6.54 Å². The maximum Gasteiger partial charge on any atom is 0.341 e. The van der Waals surface area contributed by atoms with Crippen molar-refractivity contribution < 1.29 is 18.7 Å². The summed E-state index contributed by atoms with van der Waals surface area (Å²) in [6.07, 6.45) is 1.09. The number of aryl methyl sites for hydroxylation is 1. The van der Waals surface area contributed by atoms with Gasteiger partial charge < -0.3 is 20.0 Å². The molecule has 1 aromatic heterocycles. The summed E-state index contributed by atoms with van der Waals surface area (Å²) in [6, 6.07) is 0.901. The van der Waals surface area contributed by atoms with E-state index in [1.54, 1.807) is 11.9 Å². The lowest BCUT2D eigenvalue weighted by atomic mass is 10.1. The van der Waals surface area contributed by atoms with Gasteiger partial charge in [0.05, 0.1) is 10.9 Å². The van der Waals surface area contributed by atoms with Gasteiger partial charge >= 0.3 is 5.97 Å². The van der Waals surface area contributed by atoms with Gasteiger partial charge in [0.25, 0.3) is 0 Å². The molecule has 0 amide bonds. The van der Waals surface area contributed by atoms with E-state index in [0.717, 1.165) is 25.4 Å². The van der Waals surface area contributed by atoms with Gasteiger partial charge in [0.2, 0.25) is 5.43 Å². The van der Waals surface area contributed by atoms with Gasteiger partial charge in [0.1, 0.15) is 11.3 Å². The molecule has 1 fully saturated rings. The Morgan fingerprint density at radius 3 is 2.50 bits per heavy atom. The third-order valence-corrected chi connectivity index (χ3v) is 4.60. The molecule has 1 aliphatic rings. The number of benzene rings is 1. The number of fused-ring (bicyclic) bond motifs is 1. The van der Waals surface area contributed by atoms with E-state index in [9.17, 15) is 14.0 Å². The lowest BCUT2D eigenvalue weighted by Gasteiger charge is -2.33. The summed E-state index contributed by atoms with van der Waals surface area (Å²) in [4.78, 5) is 25.7. The van der Waals surface area contributed by atoms with Crippen molar-refractivity contribution in [3.63, 3.8) is 0 Å². The second-order valence-corrected chi connectivity index (χ2v) is 6.31. The molecular weight excluding hydrogens is 346 g/mol. The zero-order valence-corrected chi connectivity index (χ0v) is 14.6. The minimum absolute atomic E-state index is 0.111. The van der Waals surface area contributed by atoms with Crippen LogP contribution in [0.15, 0.2) is 17.1 Å². The molecule has 140 valence electrons. The molecule has 2 aromatic rings. The van der Waals surface area contributed by atoms with Gasteiger partial charge in [0, 0.05) is 38.9 Å². The molecule has 0 atom stereocenters. The normalized spacial score (nSPS) is 16.2. The predicted octanol–water partition coefficient (Wildman–Crippen LogP) is 1.57. The molecule has 0 aliphatic carbocycles. The average Bonchev–Trinajstić information content (AvgIpc) is 2.60. The Morgan fingerprint density at radius 2 is 1.92 bits per heavy atom. The fraction of sp³-hybridized carbons (Fsp3) is 0.412. The highest BCUT2D eigenvalue weighted by atomic mass is 19.1. The quantitative estimate of drug-likeness (QED) is 0.855. The Bertz CT molecular complexity index is 921. The average molecular weight is 366 g/mol. The molecule has 1 aliphatic heterocycles. The summed E-state index contributed by atoms with van der Waals surface area (Å²) in [5.74, 6) is -3.27. The molecule has 7 nitrogen and oxygen atoms in total. The number of carboxylic acid groups (broad SMARTS) is 1. The molecule has 1 saturated heterocycles. The molecule has 9 heteroatoms.